The van der Waals surface area contributed by atoms with Crippen LogP contribution >= 0.6 is 0 Å². The Labute approximate surface area is 651 Å². The third-order valence-corrected chi connectivity index (χ3v) is 20.8. The van der Waals surface area contributed by atoms with Gasteiger partial charge in [0, 0.05) is 10.8 Å². The van der Waals surface area contributed by atoms with Crippen molar-refractivity contribution in [3.63, 3.8) is 0 Å². The Morgan fingerprint density at radius 3 is 0.735 bits per heavy atom. The van der Waals surface area contributed by atoms with Crippen molar-refractivity contribution in [1.29, 1.82) is 0 Å². The van der Waals surface area contributed by atoms with E-state index in [-0.39, 0.29) is 85.8 Å². The predicted molar refractivity (Wildman–Crippen MR) is 417 cm³/mol. The van der Waals surface area contributed by atoms with E-state index in [1.165, 1.54) is 4.90 Å². The molecule has 11 aromatic rings. The molecule has 3 N–H and O–H groups in total. The van der Waals surface area contributed by atoms with Crippen LogP contribution in [0.4, 0.5) is 0 Å². The molecule has 22 heteroatoms. The lowest BCUT2D eigenvalue weighted by Gasteiger charge is -2.36. The number of ether oxygens (including phenoxy) is 7. The van der Waals surface area contributed by atoms with Crippen LogP contribution in [0, 0.1) is 0 Å². The molecule has 15 rings (SSSR count). The number of nitrogens with zero attached hydrogens (tertiary/aromatic N) is 4. The van der Waals surface area contributed by atoms with Gasteiger partial charge >= 0.3 is 0 Å². The Kier molecular flexibility index (Phi) is 21.6. The number of rotatable bonds is 27. The monoisotopic (exact) mass is 1510 g/mol. The number of β-amino-alcohol motifs (C(OH)–C–C–N with tert-alkyl or cyclic N) is 3. The van der Waals surface area contributed by atoms with Gasteiger partial charge < -0.3 is 48.5 Å². The fourth-order valence-electron chi connectivity index (χ4n) is 14.4. The average molecular weight is 1520 g/mol. The zero-order valence-electron chi connectivity index (χ0n) is 62.6. The third kappa shape index (κ3) is 14.9. The topological polar surface area (TPSA) is 275 Å². The van der Waals surface area contributed by atoms with E-state index < -0.39 is 58.3 Å². The summed E-state index contributed by atoms with van der Waals surface area (Å²) in [5, 5.41) is 27.6. The minimum absolute atomic E-state index is 0.00208. The maximum atomic E-state index is 13.9. The predicted octanol–water partition coefficient (Wildman–Crippen LogP) is 14.6. The van der Waals surface area contributed by atoms with Crippen molar-refractivity contribution >= 4 is 47.3 Å². The summed E-state index contributed by atoms with van der Waals surface area (Å²) in [5.41, 5.74) is 6.90. The van der Waals surface area contributed by atoms with Gasteiger partial charge in [0.15, 0.2) is 0 Å². The summed E-state index contributed by atoms with van der Waals surface area (Å²) >= 11 is 0. The van der Waals surface area contributed by atoms with Crippen molar-refractivity contribution < 1.29 is 86.8 Å². The second-order valence-electron chi connectivity index (χ2n) is 28.2. The smallest absolute Gasteiger partial charge is 0.261 e. The van der Waals surface area contributed by atoms with Crippen LogP contribution < -0.4 is 28.4 Å². The first-order valence-electron chi connectivity index (χ1n) is 36.5. The van der Waals surface area contributed by atoms with E-state index in [1.54, 1.807) is 87.0 Å². The lowest BCUT2D eigenvalue weighted by molar-refractivity contribution is 0.00334. The lowest BCUT2D eigenvalue weighted by Crippen LogP contribution is -2.38. The second kappa shape index (κ2) is 31.9. The molecule has 0 aliphatic carbocycles. The number of carbonyl (C=O) groups is 8. The number of fused-ring (bicyclic) bond motifs is 4. The van der Waals surface area contributed by atoms with Crippen LogP contribution in [0.2, 0.25) is 0 Å². The molecule has 0 bridgehead atoms. The summed E-state index contributed by atoms with van der Waals surface area (Å²) in [5.74, 6) is 1.81. The lowest BCUT2D eigenvalue weighted by atomic mass is 9.78. The fourth-order valence-corrected chi connectivity index (χ4v) is 14.4. The number of hydrogen-bond donors (Lipinski definition) is 3. The molecule has 4 aliphatic heterocycles. The largest absolute Gasteiger partial charge is 0.497 e. The number of carbonyl (C=O) groups excluding carboxylic acids is 8. The van der Waals surface area contributed by atoms with Crippen LogP contribution in [0.25, 0.3) is 0 Å². The van der Waals surface area contributed by atoms with Crippen LogP contribution in [-0.2, 0) is 21.2 Å². The SMILES string of the molecule is CC(C)(c1ccc(Oc2ccc3c(c2)C(=O)N(CCO)C3=O)cc1)c1ccc(Oc2ccc3c(c2)C(=O)N(CCO)C3=O)cc1.COc1ccc(C(OCCN2C(=O)c3ccc(Oc4ccc(C(C)(C)c5ccc(Oc6ccc7c(c6)C(=O)N(CCO)C7=O)cc5)cc4)cc3C2=O)(c2ccccc2)c2ccc(OC)cc2)cc1. The maximum Gasteiger partial charge on any atom is 0.261 e. The molecule has 11 aromatic carbocycles. The summed E-state index contributed by atoms with van der Waals surface area (Å²) in [7, 11) is 3.23. The molecule has 0 fully saturated rings. The first kappa shape index (κ1) is 76.4. The fraction of sp³-hybridized carbons (Fsp3) is 0.187. The van der Waals surface area contributed by atoms with Crippen molar-refractivity contribution in [2.45, 2.75) is 44.1 Å². The first-order chi connectivity index (χ1) is 54.6. The Hall–Kier alpha value is -13.4. The molecule has 0 saturated heterocycles. The van der Waals surface area contributed by atoms with Gasteiger partial charge in [0.25, 0.3) is 47.3 Å². The molecule has 0 atom stereocenters. The minimum atomic E-state index is -1.12. The van der Waals surface area contributed by atoms with E-state index in [0.29, 0.717) is 74.2 Å². The van der Waals surface area contributed by atoms with Gasteiger partial charge in [-0.15, -0.1) is 0 Å². The van der Waals surface area contributed by atoms with E-state index in [2.05, 4.69) is 27.7 Å². The van der Waals surface area contributed by atoms with Crippen LogP contribution in [-0.4, -0.2) is 149 Å². The van der Waals surface area contributed by atoms with E-state index in [4.69, 9.17) is 43.4 Å². The number of amides is 8. The van der Waals surface area contributed by atoms with Crippen molar-refractivity contribution in [2.24, 2.45) is 0 Å². The molecule has 0 saturated carbocycles. The summed E-state index contributed by atoms with van der Waals surface area (Å²) in [6, 6.07) is 74.9. The van der Waals surface area contributed by atoms with E-state index in [0.717, 1.165) is 53.6 Å². The highest BCUT2D eigenvalue weighted by atomic mass is 16.5. The zero-order valence-corrected chi connectivity index (χ0v) is 62.6. The van der Waals surface area contributed by atoms with Gasteiger partial charge in [0.2, 0.25) is 0 Å². The average Bonchev–Trinajstić information content (AvgIpc) is 1.72. The Morgan fingerprint density at radius 2 is 0.478 bits per heavy atom. The molecule has 22 nitrogen and oxygen atoms in total. The maximum absolute atomic E-state index is 13.9. The van der Waals surface area contributed by atoms with E-state index in [9.17, 15) is 43.5 Å². The van der Waals surface area contributed by atoms with Crippen molar-refractivity contribution in [2.75, 3.05) is 66.8 Å². The normalized spacial score (nSPS) is 13.7. The Bertz CT molecular complexity index is 5320. The highest BCUT2D eigenvalue weighted by Gasteiger charge is 2.42. The number of aliphatic hydroxyl groups is 3. The third-order valence-electron chi connectivity index (χ3n) is 20.8. The number of aliphatic hydroxyl groups excluding tert-OH is 3. The van der Waals surface area contributed by atoms with Gasteiger partial charge in [-0.3, -0.25) is 58.0 Å². The first-order valence-corrected chi connectivity index (χ1v) is 36.5. The van der Waals surface area contributed by atoms with Gasteiger partial charge in [-0.25, -0.2) is 0 Å². The summed E-state index contributed by atoms with van der Waals surface area (Å²) in [6.07, 6.45) is 0. The van der Waals surface area contributed by atoms with Crippen LogP contribution in [0.1, 0.15) is 150 Å². The van der Waals surface area contributed by atoms with Crippen molar-refractivity contribution in [3.8, 4) is 57.5 Å². The molecular weight excluding hydrogens is 1440 g/mol. The molecule has 4 heterocycles. The quantitative estimate of drug-likeness (QED) is 0.0319. The van der Waals surface area contributed by atoms with Crippen molar-refractivity contribution in [3.05, 3.63) is 332 Å². The van der Waals surface area contributed by atoms with Gasteiger partial charge in [0.1, 0.15) is 63.1 Å². The van der Waals surface area contributed by atoms with Crippen LogP contribution in [0.3, 0.4) is 0 Å². The molecule has 4 aliphatic rings. The Balaban J connectivity index is 0.000000204. The Morgan fingerprint density at radius 1 is 0.257 bits per heavy atom. The molecular formula is C91H78N4O18. The highest BCUT2D eigenvalue weighted by Crippen LogP contribution is 2.44. The van der Waals surface area contributed by atoms with E-state index in [1.807, 2.05) is 176 Å². The second-order valence-corrected chi connectivity index (χ2v) is 28.2. The van der Waals surface area contributed by atoms with E-state index >= 15 is 0 Å². The number of hydrogen-bond acceptors (Lipinski definition) is 18. The highest BCUT2D eigenvalue weighted by molar-refractivity contribution is 6.24. The van der Waals surface area contributed by atoms with Gasteiger partial charge in [0.05, 0.1) is 111 Å². The minimum Gasteiger partial charge on any atom is -0.497 e. The molecule has 570 valence electrons. The number of methoxy groups -OCH3 is 2. The molecule has 0 aromatic heterocycles. The standard InChI is InChI=1S/C56H48N2O10.C35H30N2O8/c1-55(2,36-10-22-43(23-11-36)67-45-26-28-47-49(34-45)53(62)57(30-32-59)51(47)60)37-12-24-44(25-13-37)68-46-27-29-48-50(35-46)54(63)58(52(48)61)31-33-66-56(38-8-6-5-7-9-38,39-14-18-41(64-3)19-15-39)40-16-20-42(65-4)21-17-40;1-35(2,21-3-7-23(8-4-21)44-25-11-13-27-29(19-25)33(42)36(15-17-38)31(27)40)22-5-9-24(10-6-22)45-26-12-14-28-30(20-26)34(43)37(16-18-39)32(28)41/h5-29,34-35,59H,30-33H2,1-4H3;3-14,19-20,38-39H,15-18H2,1-2H3. The van der Waals surface area contributed by atoms with Gasteiger partial charge in [-0.1, -0.05) is 131 Å². The summed E-state index contributed by atoms with van der Waals surface area (Å²) in [6.45, 7) is 7.36. The van der Waals surface area contributed by atoms with Crippen LogP contribution in [0.5, 0.6) is 57.5 Å². The molecule has 0 unspecified atom stereocenters. The molecule has 113 heavy (non-hydrogen) atoms. The summed E-state index contributed by atoms with van der Waals surface area (Å²) < 4.78 is 42.1. The molecule has 8 amide bonds. The molecule has 0 radical (unpaired) electrons. The van der Waals surface area contributed by atoms with Gasteiger partial charge in [-0.2, -0.15) is 0 Å². The molecule has 0 spiro atoms. The zero-order chi connectivity index (χ0) is 79.5. The number of imide groups is 4. The van der Waals surface area contributed by atoms with Crippen molar-refractivity contribution in [1.82, 2.24) is 19.6 Å². The summed E-state index contributed by atoms with van der Waals surface area (Å²) in [4.78, 5) is 107. The van der Waals surface area contributed by atoms with Crippen LogP contribution in [0.15, 0.2) is 249 Å². The van der Waals surface area contributed by atoms with Gasteiger partial charge in [-0.05, 0) is 185 Å². The number of benzene rings is 11.